The predicted octanol–water partition coefficient (Wildman–Crippen LogP) is 3.55. The van der Waals surface area contributed by atoms with Crippen molar-refractivity contribution in [3.8, 4) is 0 Å². The highest BCUT2D eigenvalue weighted by Gasteiger charge is 2.35. The molecule has 3 heteroatoms. The summed E-state index contributed by atoms with van der Waals surface area (Å²) in [7, 11) is 2.32. The molecule has 19 heavy (non-hydrogen) atoms. The van der Waals surface area contributed by atoms with Crippen LogP contribution in [0.25, 0.3) is 0 Å². The lowest BCUT2D eigenvalue weighted by molar-refractivity contribution is 0.0482. The van der Waals surface area contributed by atoms with E-state index in [2.05, 4.69) is 57.5 Å². The van der Waals surface area contributed by atoms with Crippen LogP contribution in [-0.2, 0) is 6.54 Å². The molecule has 2 heterocycles. The molecule has 1 N–H and O–H groups in total. The predicted molar refractivity (Wildman–Crippen MR) is 83.2 cm³/mol. The number of fused-ring (bicyclic) bond motifs is 2. The van der Waals surface area contributed by atoms with Gasteiger partial charge in [-0.05, 0) is 50.4 Å². The summed E-state index contributed by atoms with van der Waals surface area (Å²) < 4.78 is 1.17. The zero-order chi connectivity index (χ0) is 13.2. The minimum atomic E-state index is 0.700. The molecular weight excluding hydrogens is 300 g/mol. The molecule has 2 atom stereocenters. The van der Waals surface area contributed by atoms with Crippen molar-refractivity contribution in [1.82, 2.24) is 10.2 Å². The van der Waals surface area contributed by atoms with E-state index in [1.807, 2.05) is 0 Å². The summed E-state index contributed by atoms with van der Waals surface area (Å²) in [5, 5.41) is 3.77. The average molecular weight is 323 g/mol. The Bertz CT molecular complexity index is 421. The molecule has 2 bridgehead atoms. The number of nitrogens with zero attached hydrogens (tertiary/aromatic N) is 1. The molecule has 0 amide bonds. The Labute approximate surface area is 124 Å². The average Bonchev–Trinajstić information content (AvgIpc) is 2.37. The molecule has 2 fully saturated rings. The fourth-order valence-corrected chi connectivity index (χ4v) is 4.14. The number of rotatable bonds is 3. The van der Waals surface area contributed by atoms with Gasteiger partial charge in [0, 0.05) is 29.1 Å². The fraction of sp³-hybridized carbons (Fsp3) is 0.625. The van der Waals surface area contributed by atoms with Gasteiger partial charge in [-0.1, -0.05) is 34.5 Å². The Balaban J connectivity index is 1.56. The topological polar surface area (TPSA) is 15.3 Å². The van der Waals surface area contributed by atoms with Crippen molar-refractivity contribution in [3.05, 3.63) is 34.3 Å². The normalized spacial score (nSPS) is 31.4. The van der Waals surface area contributed by atoms with Crippen LogP contribution in [0, 0.1) is 0 Å². The zero-order valence-corrected chi connectivity index (χ0v) is 13.2. The maximum Gasteiger partial charge on any atom is 0.0208 e. The Morgan fingerprint density at radius 2 is 2.00 bits per heavy atom. The summed E-state index contributed by atoms with van der Waals surface area (Å²) >= 11 is 3.54. The van der Waals surface area contributed by atoms with E-state index in [-0.39, 0.29) is 0 Å². The molecule has 2 aliphatic heterocycles. The molecule has 0 radical (unpaired) electrons. The maximum atomic E-state index is 3.77. The van der Waals surface area contributed by atoms with Crippen molar-refractivity contribution >= 4 is 15.9 Å². The van der Waals surface area contributed by atoms with Gasteiger partial charge in [0.1, 0.15) is 0 Å². The Kier molecular flexibility index (Phi) is 4.25. The number of nitrogens with one attached hydrogen (secondary N) is 1. The van der Waals surface area contributed by atoms with E-state index >= 15 is 0 Å². The Hall–Kier alpha value is -0.380. The van der Waals surface area contributed by atoms with Gasteiger partial charge >= 0.3 is 0 Å². The molecule has 2 nitrogen and oxygen atoms in total. The number of hydrogen-bond donors (Lipinski definition) is 1. The van der Waals surface area contributed by atoms with Crippen molar-refractivity contribution in [1.29, 1.82) is 0 Å². The Morgan fingerprint density at radius 1 is 1.26 bits per heavy atom. The lowest BCUT2D eigenvalue weighted by Gasteiger charge is -2.47. The van der Waals surface area contributed by atoms with Gasteiger partial charge in [-0.25, -0.2) is 0 Å². The lowest BCUT2D eigenvalue weighted by atomic mass is 9.82. The van der Waals surface area contributed by atoms with Crippen molar-refractivity contribution in [2.75, 3.05) is 7.05 Å². The SMILES string of the molecule is CN1C2CCCC1CC(NCc1cccc(Br)c1)C2. The maximum absolute atomic E-state index is 3.77. The molecule has 1 aromatic carbocycles. The van der Waals surface area contributed by atoms with Crippen LogP contribution in [0.15, 0.2) is 28.7 Å². The van der Waals surface area contributed by atoms with E-state index in [0.29, 0.717) is 6.04 Å². The molecule has 0 aliphatic carbocycles. The Morgan fingerprint density at radius 3 is 2.68 bits per heavy atom. The van der Waals surface area contributed by atoms with Gasteiger partial charge in [-0.3, -0.25) is 0 Å². The zero-order valence-electron chi connectivity index (χ0n) is 11.6. The van der Waals surface area contributed by atoms with Crippen LogP contribution in [0.5, 0.6) is 0 Å². The first kappa shape index (κ1) is 13.6. The molecule has 0 aromatic heterocycles. The number of hydrogen-bond acceptors (Lipinski definition) is 2. The summed E-state index contributed by atoms with van der Waals surface area (Å²) in [6, 6.07) is 10.9. The molecule has 104 valence electrons. The van der Waals surface area contributed by atoms with Crippen LogP contribution in [0.4, 0.5) is 0 Å². The van der Waals surface area contributed by atoms with E-state index in [4.69, 9.17) is 0 Å². The fourth-order valence-electron chi connectivity index (χ4n) is 3.69. The smallest absolute Gasteiger partial charge is 0.0208 e. The molecule has 2 saturated heterocycles. The minimum absolute atomic E-state index is 0.700. The molecule has 0 saturated carbocycles. The van der Waals surface area contributed by atoms with Crippen LogP contribution < -0.4 is 5.32 Å². The van der Waals surface area contributed by atoms with Gasteiger partial charge in [-0.2, -0.15) is 0 Å². The highest BCUT2D eigenvalue weighted by molar-refractivity contribution is 9.10. The molecule has 3 rings (SSSR count). The van der Waals surface area contributed by atoms with Gasteiger partial charge in [0.2, 0.25) is 0 Å². The molecule has 1 aromatic rings. The van der Waals surface area contributed by atoms with Crippen LogP contribution in [0.3, 0.4) is 0 Å². The first-order valence-electron chi connectivity index (χ1n) is 7.42. The van der Waals surface area contributed by atoms with E-state index in [1.54, 1.807) is 0 Å². The monoisotopic (exact) mass is 322 g/mol. The summed E-state index contributed by atoms with van der Waals surface area (Å²) in [4.78, 5) is 2.63. The highest BCUT2D eigenvalue weighted by atomic mass is 79.9. The van der Waals surface area contributed by atoms with E-state index < -0.39 is 0 Å². The lowest BCUT2D eigenvalue weighted by Crippen LogP contribution is -2.54. The summed E-state index contributed by atoms with van der Waals surface area (Å²) in [6.07, 6.45) is 6.85. The van der Waals surface area contributed by atoms with Gasteiger partial charge < -0.3 is 10.2 Å². The first-order valence-corrected chi connectivity index (χ1v) is 8.21. The van der Waals surface area contributed by atoms with Crippen LogP contribution in [0.1, 0.15) is 37.7 Å². The van der Waals surface area contributed by atoms with Crippen molar-refractivity contribution < 1.29 is 0 Å². The second-order valence-corrected chi connectivity index (χ2v) is 7.00. The summed E-state index contributed by atoms with van der Waals surface area (Å²) in [6.45, 7) is 0.993. The second-order valence-electron chi connectivity index (χ2n) is 6.08. The van der Waals surface area contributed by atoms with Crippen LogP contribution in [0.2, 0.25) is 0 Å². The standard InChI is InChI=1S/C16H23BrN2/c1-19-15-6-3-7-16(19)10-14(9-15)18-11-12-4-2-5-13(17)8-12/h2,4-5,8,14-16,18H,3,6-7,9-11H2,1H3. The van der Waals surface area contributed by atoms with Gasteiger partial charge in [0.15, 0.2) is 0 Å². The largest absolute Gasteiger partial charge is 0.310 e. The van der Waals surface area contributed by atoms with Gasteiger partial charge in [0.25, 0.3) is 0 Å². The second kappa shape index (κ2) is 5.94. The number of benzene rings is 1. The summed E-state index contributed by atoms with van der Waals surface area (Å²) in [5.74, 6) is 0. The molecule has 2 unspecified atom stereocenters. The first-order chi connectivity index (χ1) is 9.22. The minimum Gasteiger partial charge on any atom is -0.310 e. The third-order valence-corrected chi connectivity index (χ3v) is 5.32. The van der Waals surface area contributed by atoms with E-state index in [0.717, 1.165) is 18.6 Å². The van der Waals surface area contributed by atoms with Crippen molar-refractivity contribution in [3.63, 3.8) is 0 Å². The number of halogens is 1. The molecular formula is C16H23BrN2. The third-order valence-electron chi connectivity index (χ3n) is 4.82. The van der Waals surface area contributed by atoms with Crippen molar-refractivity contribution in [2.24, 2.45) is 0 Å². The molecule has 2 aliphatic rings. The van der Waals surface area contributed by atoms with E-state index in [1.165, 1.54) is 42.1 Å². The van der Waals surface area contributed by atoms with Gasteiger partial charge in [-0.15, -0.1) is 0 Å². The molecule has 0 spiro atoms. The third kappa shape index (κ3) is 3.21. The van der Waals surface area contributed by atoms with Crippen molar-refractivity contribution in [2.45, 2.75) is 56.8 Å². The van der Waals surface area contributed by atoms with E-state index in [9.17, 15) is 0 Å². The van der Waals surface area contributed by atoms with Gasteiger partial charge in [0.05, 0.1) is 0 Å². The van der Waals surface area contributed by atoms with Crippen LogP contribution in [-0.4, -0.2) is 30.1 Å². The summed E-state index contributed by atoms with van der Waals surface area (Å²) in [5.41, 5.74) is 1.37. The number of piperidine rings is 2. The highest BCUT2D eigenvalue weighted by Crippen LogP contribution is 2.32. The quantitative estimate of drug-likeness (QED) is 0.915. The van der Waals surface area contributed by atoms with Crippen LogP contribution >= 0.6 is 15.9 Å².